The number of hydrogen-bond acceptors (Lipinski definition) is 1. The van der Waals surface area contributed by atoms with E-state index in [4.69, 9.17) is 0 Å². The summed E-state index contributed by atoms with van der Waals surface area (Å²) >= 11 is 0. The molecular weight excluding hydrogens is 222 g/mol. The van der Waals surface area contributed by atoms with Crippen molar-refractivity contribution in [1.82, 2.24) is 5.32 Å². The Morgan fingerprint density at radius 1 is 1.22 bits per heavy atom. The van der Waals surface area contributed by atoms with Crippen molar-refractivity contribution < 1.29 is 4.79 Å². The van der Waals surface area contributed by atoms with Crippen LogP contribution in [0.15, 0.2) is 12.7 Å². The monoisotopic (exact) mass is 247 g/mol. The zero-order valence-corrected chi connectivity index (χ0v) is 11.7. The van der Waals surface area contributed by atoms with E-state index in [1.54, 1.807) is 6.08 Å². The lowest BCUT2D eigenvalue weighted by molar-refractivity contribution is -0.169. The molecule has 0 aromatic carbocycles. The van der Waals surface area contributed by atoms with Crippen molar-refractivity contribution in [3.05, 3.63) is 12.7 Å². The second-order valence-electron chi connectivity index (χ2n) is 7.91. The fourth-order valence-electron chi connectivity index (χ4n) is 6.05. The molecule has 0 aliphatic heterocycles. The van der Waals surface area contributed by atoms with Crippen LogP contribution in [0.1, 0.15) is 52.4 Å². The third-order valence-electron chi connectivity index (χ3n) is 5.51. The SMILES string of the molecule is C=CCNC(=O)C12CC3C[C@](C)(C1)C[C@](C)(C3)C2. The minimum absolute atomic E-state index is 0.0636. The van der Waals surface area contributed by atoms with Crippen LogP contribution in [0.2, 0.25) is 0 Å². The molecule has 0 radical (unpaired) electrons. The van der Waals surface area contributed by atoms with Gasteiger partial charge >= 0.3 is 0 Å². The maximum absolute atomic E-state index is 12.6. The van der Waals surface area contributed by atoms with Crippen LogP contribution >= 0.6 is 0 Å². The van der Waals surface area contributed by atoms with Crippen LogP contribution in [0.25, 0.3) is 0 Å². The number of nitrogens with one attached hydrogen (secondary N) is 1. The van der Waals surface area contributed by atoms with Crippen LogP contribution in [0.4, 0.5) is 0 Å². The Hall–Kier alpha value is -0.790. The summed E-state index contributed by atoms with van der Waals surface area (Å²) in [6.07, 6.45) is 9.14. The molecule has 0 aromatic rings. The standard InChI is InChI=1S/C16H25NO/c1-4-5-17-13(18)16-8-12-6-14(2,10-16)9-15(3,7-12)11-16/h4,12H,1,5-11H2,2-3H3,(H,17,18)/t12?,14-,15-,16?/m0/s1. The van der Waals surface area contributed by atoms with Crippen molar-refractivity contribution in [3.63, 3.8) is 0 Å². The Labute approximate surface area is 110 Å². The Balaban J connectivity index is 1.89. The first-order chi connectivity index (χ1) is 8.39. The second-order valence-corrected chi connectivity index (χ2v) is 7.91. The number of amides is 1. The Morgan fingerprint density at radius 2 is 1.83 bits per heavy atom. The highest BCUT2D eigenvalue weighted by atomic mass is 16.2. The van der Waals surface area contributed by atoms with E-state index in [-0.39, 0.29) is 5.41 Å². The number of carbonyl (C=O) groups is 1. The first-order valence-corrected chi connectivity index (χ1v) is 7.28. The van der Waals surface area contributed by atoms with Gasteiger partial charge in [0.15, 0.2) is 0 Å². The lowest BCUT2D eigenvalue weighted by Crippen LogP contribution is -2.59. The van der Waals surface area contributed by atoms with Gasteiger partial charge in [0.2, 0.25) is 5.91 Å². The van der Waals surface area contributed by atoms with E-state index in [1.165, 1.54) is 19.3 Å². The first kappa shape index (κ1) is 12.3. The Bertz CT molecular complexity index is 382. The fraction of sp³-hybridized carbons (Fsp3) is 0.812. The van der Waals surface area contributed by atoms with Gasteiger partial charge in [-0.25, -0.2) is 0 Å². The topological polar surface area (TPSA) is 29.1 Å². The highest BCUT2D eigenvalue weighted by Gasteiger charge is 2.62. The van der Waals surface area contributed by atoms with E-state index < -0.39 is 0 Å². The summed E-state index contributed by atoms with van der Waals surface area (Å²) in [6, 6.07) is 0. The smallest absolute Gasteiger partial charge is 0.226 e. The molecule has 1 amide bonds. The predicted molar refractivity (Wildman–Crippen MR) is 73.0 cm³/mol. The Morgan fingerprint density at radius 3 is 2.33 bits per heavy atom. The van der Waals surface area contributed by atoms with Gasteiger partial charge in [0.05, 0.1) is 5.41 Å². The summed E-state index contributed by atoms with van der Waals surface area (Å²) in [7, 11) is 0. The van der Waals surface area contributed by atoms with Gasteiger partial charge in [0, 0.05) is 6.54 Å². The molecule has 4 saturated carbocycles. The molecule has 2 atom stereocenters. The van der Waals surface area contributed by atoms with Crippen LogP contribution in [-0.4, -0.2) is 12.5 Å². The minimum atomic E-state index is -0.0636. The van der Waals surface area contributed by atoms with E-state index >= 15 is 0 Å². The average Bonchev–Trinajstić information content (AvgIpc) is 2.20. The molecule has 4 bridgehead atoms. The highest BCUT2D eigenvalue weighted by molar-refractivity contribution is 5.83. The molecule has 0 aromatic heterocycles. The number of hydrogen-bond donors (Lipinski definition) is 1. The molecule has 2 nitrogen and oxygen atoms in total. The van der Waals surface area contributed by atoms with Crippen molar-refractivity contribution >= 4 is 5.91 Å². The lowest BCUT2D eigenvalue weighted by atomic mass is 9.40. The predicted octanol–water partition coefficient (Wildman–Crippen LogP) is 3.29. The molecule has 4 aliphatic carbocycles. The highest BCUT2D eigenvalue weighted by Crippen LogP contribution is 2.69. The van der Waals surface area contributed by atoms with Gasteiger partial charge in [-0.05, 0) is 55.3 Å². The second kappa shape index (κ2) is 3.61. The van der Waals surface area contributed by atoms with Gasteiger partial charge in [0.25, 0.3) is 0 Å². The quantitative estimate of drug-likeness (QED) is 0.762. The molecule has 1 N–H and O–H groups in total. The Kier molecular flexibility index (Phi) is 2.46. The zero-order chi connectivity index (χ0) is 13.0. The molecule has 100 valence electrons. The van der Waals surface area contributed by atoms with Crippen molar-refractivity contribution in [2.75, 3.05) is 6.54 Å². The summed E-state index contributed by atoms with van der Waals surface area (Å²) in [5.74, 6) is 1.08. The van der Waals surface area contributed by atoms with Crippen molar-refractivity contribution in [2.45, 2.75) is 52.4 Å². The largest absolute Gasteiger partial charge is 0.352 e. The van der Waals surface area contributed by atoms with Crippen LogP contribution in [0.3, 0.4) is 0 Å². The molecule has 0 heterocycles. The van der Waals surface area contributed by atoms with E-state index in [0.717, 1.165) is 25.2 Å². The molecule has 4 fully saturated rings. The van der Waals surface area contributed by atoms with Crippen molar-refractivity contribution in [2.24, 2.45) is 22.2 Å². The molecule has 4 aliphatic rings. The number of carbonyl (C=O) groups excluding carboxylic acids is 1. The van der Waals surface area contributed by atoms with E-state index in [9.17, 15) is 4.79 Å². The van der Waals surface area contributed by atoms with Crippen molar-refractivity contribution in [3.8, 4) is 0 Å². The van der Waals surface area contributed by atoms with Gasteiger partial charge in [-0.15, -0.1) is 6.58 Å². The van der Waals surface area contributed by atoms with Crippen LogP contribution in [0.5, 0.6) is 0 Å². The molecule has 2 heteroatoms. The van der Waals surface area contributed by atoms with Gasteiger partial charge in [-0.2, -0.15) is 0 Å². The molecule has 4 rings (SSSR count). The first-order valence-electron chi connectivity index (χ1n) is 7.28. The van der Waals surface area contributed by atoms with Crippen LogP contribution in [0, 0.1) is 22.2 Å². The summed E-state index contributed by atoms with van der Waals surface area (Å²) < 4.78 is 0. The number of rotatable bonds is 3. The maximum atomic E-state index is 12.6. The van der Waals surface area contributed by atoms with Crippen LogP contribution in [-0.2, 0) is 4.79 Å². The van der Waals surface area contributed by atoms with E-state index in [1.807, 2.05) is 0 Å². The average molecular weight is 247 g/mol. The lowest BCUT2D eigenvalue weighted by Gasteiger charge is -2.64. The summed E-state index contributed by atoms with van der Waals surface area (Å²) in [5.41, 5.74) is 0.769. The molecule has 0 saturated heterocycles. The maximum Gasteiger partial charge on any atom is 0.226 e. The normalized spacial score (nSPS) is 49.1. The van der Waals surface area contributed by atoms with E-state index in [2.05, 4.69) is 25.7 Å². The zero-order valence-electron chi connectivity index (χ0n) is 11.7. The minimum Gasteiger partial charge on any atom is -0.352 e. The van der Waals surface area contributed by atoms with E-state index in [0.29, 0.717) is 23.3 Å². The molecule has 0 spiro atoms. The molecule has 0 unspecified atom stereocenters. The fourth-order valence-corrected chi connectivity index (χ4v) is 6.05. The van der Waals surface area contributed by atoms with Gasteiger partial charge in [-0.1, -0.05) is 19.9 Å². The third-order valence-corrected chi connectivity index (χ3v) is 5.51. The third kappa shape index (κ3) is 1.72. The van der Waals surface area contributed by atoms with Gasteiger partial charge < -0.3 is 5.32 Å². The summed E-state index contributed by atoms with van der Waals surface area (Å²) in [5, 5.41) is 3.07. The summed E-state index contributed by atoms with van der Waals surface area (Å²) in [6.45, 7) is 9.12. The van der Waals surface area contributed by atoms with Gasteiger partial charge in [0.1, 0.15) is 0 Å². The van der Waals surface area contributed by atoms with Crippen molar-refractivity contribution in [1.29, 1.82) is 0 Å². The van der Waals surface area contributed by atoms with Crippen LogP contribution < -0.4 is 5.32 Å². The summed E-state index contributed by atoms with van der Waals surface area (Å²) in [4.78, 5) is 12.6. The van der Waals surface area contributed by atoms with Gasteiger partial charge in [-0.3, -0.25) is 4.79 Å². The molecule has 18 heavy (non-hydrogen) atoms. The molecular formula is C16H25NO.